The smallest absolute Gasteiger partial charge is 0.253 e. The molecule has 3 rings (SSSR count). The molecule has 2 aromatic rings. The van der Waals surface area contributed by atoms with Crippen LogP contribution in [0.15, 0.2) is 23.6 Å². The molecule has 1 aromatic heterocycles. The first-order chi connectivity index (χ1) is 12.0. The highest BCUT2D eigenvalue weighted by atomic mass is 32.1. The molecule has 0 spiro atoms. The van der Waals surface area contributed by atoms with Crippen LogP contribution in [-0.2, 0) is 17.8 Å². The Labute approximate surface area is 153 Å². The molecular weight excluding hydrogens is 334 g/mol. The Morgan fingerprint density at radius 2 is 2.04 bits per heavy atom. The van der Waals surface area contributed by atoms with Gasteiger partial charge < -0.3 is 9.64 Å². The SMILES string of the molecule is Cc1ccc(C(=O)N(C)Cc2csc(CN3CCOCC3)n2)cc1C. The van der Waals surface area contributed by atoms with E-state index in [0.29, 0.717) is 6.54 Å². The molecule has 134 valence electrons. The zero-order chi connectivity index (χ0) is 17.8. The Morgan fingerprint density at radius 1 is 1.28 bits per heavy atom. The second-order valence-corrected chi connectivity index (χ2v) is 7.52. The molecular formula is C19H25N3O2S. The summed E-state index contributed by atoms with van der Waals surface area (Å²) in [6.45, 7) is 8.99. The molecule has 1 aliphatic rings. The molecule has 1 aromatic carbocycles. The molecule has 0 atom stereocenters. The van der Waals surface area contributed by atoms with Gasteiger partial charge in [-0.3, -0.25) is 9.69 Å². The van der Waals surface area contributed by atoms with E-state index >= 15 is 0 Å². The van der Waals surface area contributed by atoms with Gasteiger partial charge in [-0.2, -0.15) is 0 Å². The summed E-state index contributed by atoms with van der Waals surface area (Å²) in [6, 6.07) is 5.85. The van der Waals surface area contributed by atoms with E-state index in [2.05, 4.69) is 17.2 Å². The number of morpholine rings is 1. The van der Waals surface area contributed by atoms with E-state index in [4.69, 9.17) is 9.72 Å². The van der Waals surface area contributed by atoms with Crippen molar-refractivity contribution >= 4 is 17.2 Å². The highest BCUT2D eigenvalue weighted by Crippen LogP contribution is 2.16. The lowest BCUT2D eigenvalue weighted by atomic mass is 10.1. The lowest BCUT2D eigenvalue weighted by molar-refractivity contribution is 0.0341. The van der Waals surface area contributed by atoms with Crippen molar-refractivity contribution < 1.29 is 9.53 Å². The fourth-order valence-electron chi connectivity index (χ4n) is 2.85. The number of hydrogen-bond donors (Lipinski definition) is 0. The molecule has 0 saturated carbocycles. The number of rotatable bonds is 5. The molecule has 0 bridgehead atoms. The van der Waals surface area contributed by atoms with Crippen LogP contribution in [-0.4, -0.2) is 54.0 Å². The van der Waals surface area contributed by atoms with Crippen molar-refractivity contribution in [1.82, 2.24) is 14.8 Å². The minimum absolute atomic E-state index is 0.0332. The van der Waals surface area contributed by atoms with E-state index in [0.717, 1.165) is 54.7 Å². The molecule has 1 amide bonds. The van der Waals surface area contributed by atoms with Crippen molar-refractivity contribution in [2.75, 3.05) is 33.4 Å². The van der Waals surface area contributed by atoms with Crippen molar-refractivity contribution in [2.24, 2.45) is 0 Å². The normalized spacial score (nSPS) is 15.3. The highest BCUT2D eigenvalue weighted by molar-refractivity contribution is 7.09. The largest absolute Gasteiger partial charge is 0.379 e. The number of aryl methyl sites for hydroxylation is 2. The summed E-state index contributed by atoms with van der Waals surface area (Å²) in [4.78, 5) is 21.4. The Hall–Kier alpha value is -1.76. The van der Waals surface area contributed by atoms with Crippen molar-refractivity contribution in [2.45, 2.75) is 26.9 Å². The van der Waals surface area contributed by atoms with Gasteiger partial charge in [-0.05, 0) is 37.1 Å². The van der Waals surface area contributed by atoms with Gasteiger partial charge in [0.1, 0.15) is 5.01 Å². The molecule has 1 aliphatic heterocycles. The molecule has 25 heavy (non-hydrogen) atoms. The van der Waals surface area contributed by atoms with Crippen molar-refractivity contribution in [1.29, 1.82) is 0 Å². The van der Waals surface area contributed by atoms with Crippen LogP contribution in [0, 0.1) is 13.8 Å². The van der Waals surface area contributed by atoms with Crippen LogP contribution in [0.3, 0.4) is 0 Å². The van der Waals surface area contributed by atoms with Crippen LogP contribution in [0.2, 0.25) is 0 Å². The lowest BCUT2D eigenvalue weighted by Gasteiger charge is -2.25. The summed E-state index contributed by atoms with van der Waals surface area (Å²) in [5, 5.41) is 3.16. The van der Waals surface area contributed by atoms with E-state index in [1.807, 2.05) is 32.2 Å². The third kappa shape index (κ3) is 4.66. The number of amides is 1. The molecule has 0 aliphatic carbocycles. The van der Waals surface area contributed by atoms with Crippen LogP contribution in [0.4, 0.5) is 0 Å². The predicted octanol–water partition coefficient (Wildman–Crippen LogP) is 2.86. The number of aromatic nitrogens is 1. The molecule has 2 heterocycles. The average molecular weight is 359 g/mol. The Kier molecular flexibility index (Phi) is 5.83. The molecule has 5 nitrogen and oxygen atoms in total. The number of carbonyl (C=O) groups excluding carboxylic acids is 1. The molecule has 0 unspecified atom stereocenters. The molecule has 6 heteroatoms. The first-order valence-corrected chi connectivity index (χ1v) is 9.47. The highest BCUT2D eigenvalue weighted by Gasteiger charge is 2.16. The summed E-state index contributed by atoms with van der Waals surface area (Å²) in [6.07, 6.45) is 0. The second-order valence-electron chi connectivity index (χ2n) is 6.58. The summed E-state index contributed by atoms with van der Waals surface area (Å²) >= 11 is 1.67. The number of carbonyl (C=O) groups is 1. The number of nitrogens with zero attached hydrogens (tertiary/aromatic N) is 3. The summed E-state index contributed by atoms with van der Waals surface area (Å²) < 4.78 is 5.38. The van der Waals surface area contributed by atoms with Crippen molar-refractivity contribution in [3.63, 3.8) is 0 Å². The Bertz CT molecular complexity index is 738. The van der Waals surface area contributed by atoms with Crippen LogP contribution < -0.4 is 0 Å². The van der Waals surface area contributed by atoms with Gasteiger partial charge in [-0.25, -0.2) is 4.98 Å². The Morgan fingerprint density at radius 3 is 2.76 bits per heavy atom. The van der Waals surface area contributed by atoms with E-state index < -0.39 is 0 Å². The van der Waals surface area contributed by atoms with Crippen LogP contribution >= 0.6 is 11.3 Å². The van der Waals surface area contributed by atoms with Gasteiger partial charge in [-0.15, -0.1) is 11.3 Å². The molecule has 0 radical (unpaired) electrons. The van der Waals surface area contributed by atoms with Crippen LogP contribution in [0.5, 0.6) is 0 Å². The predicted molar refractivity (Wildman–Crippen MR) is 99.9 cm³/mol. The van der Waals surface area contributed by atoms with Gasteiger partial charge in [0.25, 0.3) is 5.91 Å². The minimum atomic E-state index is 0.0332. The monoisotopic (exact) mass is 359 g/mol. The fourth-order valence-corrected chi connectivity index (χ4v) is 3.68. The summed E-state index contributed by atoms with van der Waals surface area (Å²) in [5.41, 5.74) is 4.02. The fraction of sp³-hybridized carbons (Fsp3) is 0.474. The zero-order valence-electron chi connectivity index (χ0n) is 15.1. The molecule has 1 fully saturated rings. The van der Waals surface area contributed by atoms with Gasteiger partial charge in [-0.1, -0.05) is 6.07 Å². The maximum absolute atomic E-state index is 12.6. The number of benzene rings is 1. The minimum Gasteiger partial charge on any atom is -0.379 e. The maximum Gasteiger partial charge on any atom is 0.253 e. The number of thiazole rings is 1. The quantitative estimate of drug-likeness (QED) is 0.823. The van der Waals surface area contributed by atoms with Gasteiger partial charge in [0.15, 0.2) is 0 Å². The van der Waals surface area contributed by atoms with Crippen LogP contribution in [0.25, 0.3) is 0 Å². The van der Waals surface area contributed by atoms with Gasteiger partial charge in [0.05, 0.1) is 32.0 Å². The zero-order valence-corrected chi connectivity index (χ0v) is 15.9. The maximum atomic E-state index is 12.6. The van der Waals surface area contributed by atoms with Crippen LogP contribution in [0.1, 0.15) is 32.2 Å². The second kappa shape index (κ2) is 8.08. The standard InChI is InChI=1S/C19H25N3O2S/c1-14-4-5-16(10-15(14)2)19(23)21(3)11-17-13-25-18(20-17)12-22-6-8-24-9-7-22/h4-5,10,13H,6-9,11-12H2,1-3H3. The van der Waals surface area contributed by atoms with Gasteiger partial charge in [0, 0.05) is 31.1 Å². The molecule has 1 saturated heterocycles. The summed E-state index contributed by atoms with van der Waals surface area (Å²) in [7, 11) is 1.83. The summed E-state index contributed by atoms with van der Waals surface area (Å²) in [5.74, 6) is 0.0332. The number of ether oxygens (including phenoxy) is 1. The van der Waals surface area contributed by atoms with Crippen molar-refractivity contribution in [3.05, 3.63) is 51.0 Å². The van der Waals surface area contributed by atoms with E-state index in [1.165, 1.54) is 5.56 Å². The van der Waals surface area contributed by atoms with E-state index in [1.54, 1.807) is 16.2 Å². The first-order valence-electron chi connectivity index (χ1n) is 8.59. The van der Waals surface area contributed by atoms with Crippen molar-refractivity contribution in [3.8, 4) is 0 Å². The topological polar surface area (TPSA) is 45.7 Å². The van der Waals surface area contributed by atoms with Gasteiger partial charge >= 0.3 is 0 Å². The van der Waals surface area contributed by atoms with E-state index in [9.17, 15) is 4.79 Å². The average Bonchev–Trinajstić information content (AvgIpc) is 3.04. The molecule has 0 N–H and O–H groups in total. The number of hydrogen-bond acceptors (Lipinski definition) is 5. The van der Waals surface area contributed by atoms with E-state index in [-0.39, 0.29) is 5.91 Å². The third-order valence-corrected chi connectivity index (χ3v) is 5.44. The van der Waals surface area contributed by atoms with Gasteiger partial charge in [0.2, 0.25) is 0 Å². The Balaban J connectivity index is 1.59. The third-order valence-electron chi connectivity index (χ3n) is 4.56. The first kappa shape index (κ1) is 18.0. The lowest BCUT2D eigenvalue weighted by Crippen LogP contribution is -2.35.